The third-order valence-corrected chi connectivity index (χ3v) is 4.04. The van der Waals surface area contributed by atoms with Gasteiger partial charge in [0.15, 0.2) is 0 Å². The van der Waals surface area contributed by atoms with Gasteiger partial charge in [0.2, 0.25) is 0 Å². The minimum Gasteiger partial charge on any atom is -0.383 e. The summed E-state index contributed by atoms with van der Waals surface area (Å²) in [5, 5.41) is 5.07. The number of rotatable bonds is 3. The van der Waals surface area contributed by atoms with Crippen LogP contribution in [-0.2, 0) is 0 Å². The molecule has 5 heteroatoms. The maximum absolute atomic E-state index is 6.10. The van der Waals surface area contributed by atoms with Gasteiger partial charge >= 0.3 is 0 Å². The van der Waals surface area contributed by atoms with Gasteiger partial charge in [0.1, 0.15) is 10.8 Å². The molecular weight excluding hydrogens is 248 g/mol. The van der Waals surface area contributed by atoms with Crippen molar-refractivity contribution in [3.63, 3.8) is 0 Å². The van der Waals surface area contributed by atoms with Crippen LogP contribution < -0.4 is 5.73 Å². The third-order valence-electron chi connectivity index (χ3n) is 3.57. The van der Waals surface area contributed by atoms with Gasteiger partial charge in [-0.15, -0.1) is 0 Å². The predicted molar refractivity (Wildman–Crippen MR) is 75.9 cm³/mol. The van der Waals surface area contributed by atoms with E-state index in [1.54, 1.807) is 0 Å². The van der Waals surface area contributed by atoms with Gasteiger partial charge in [-0.25, -0.2) is 4.68 Å². The van der Waals surface area contributed by atoms with Crippen LogP contribution in [0.3, 0.4) is 0 Å². The first-order valence-corrected chi connectivity index (χ1v) is 7.09. The molecule has 1 aromatic rings. The van der Waals surface area contributed by atoms with E-state index in [2.05, 4.69) is 23.8 Å². The lowest BCUT2D eigenvalue weighted by Crippen LogP contribution is -2.37. The summed E-state index contributed by atoms with van der Waals surface area (Å²) in [6, 6.07) is 0.402. The molecule has 1 fully saturated rings. The number of nitrogens with zero attached hydrogens (tertiary/aromatic N) is 3. The Morgan fingerprint density at radius 1 is 1.39 bits per heavy atom. The van der Waals surface area contributed by atoms with Crippen LogP contribution in [0.4, 0.5) is 5.82 Å². The molecule has 0 saturated carbocycles. The van der Waals surface area contributed by atoms with Gasteiger partial charge in [0, 0.05) is 19.6 Å². The number of hydrogen-bond donors (Lipinski definition) is 1. The lowest BCUT2D eigenvalue weighted by atomic mass is 10.0. The Balaban J connectivity index is 1.99. The smallest absolute Gasteiger partial charge is 0.141 e. The molecule has 1 aliphatic rings. The number of anilines is 1. The van der Waals surface area contributed by atoms with E-state index >= 15 is 0 Å². The van der Waals surface area contributed by atoms with Crippen LogP contribution in [-0.4, -0.2) is 34.3 Å². The van der Waals surface area contributed by atoms with E-state index < -0.39 is 0 Å². The summed E-state index contributed by atoms with van der Waals surface area (Å²) in [5.41, 5.74) is 6.84. The molecule has 0 unspecified atom stereocenters. The van der Waals surface area contributed by atoms with Crippen molar-refractivity contribution in [1.82, 2.24) is 14.7 Å². The van der Waals surface area contributed by atoms with Crippen LogP contribution >= 0.6 is 11.6 Å². The average molecular weight is 271 g/mol. The van der Waals surface area contributed by atoms with Crippen LogP contribution in [0, 0.1) is 12.8 Å². The van der Waals surface area contributed by atoms with Crippen molar-refractivity contribution in [2.24, 2.45) is 5.92 Å². The molecule has 0 amide bonds. The van der Waals surface area contributed by atoms with Crippen molar-refractivity contribution in [3.8, 4) is 0 Å². The van der Waals surface area contributed by atoms with Crippen LogP contribution in [0.25, 0.3) is 0 Å². The predicted octanol–water partition coefficient (Wildman–Crippen LogP) is 2.72. The van der Waals surface area contributed by atoms with Crippen molar-refractivity contribution in [2.75, 3.05) is 25.4 Å². The molecule has 1 aromatic heterocycles. The summed E-state index contributed by atoms with van der Waals surface area (Å²) in [6.45, 7) is 9.86. The molecule has 18 heavy (non-hydrogen) atoms. The molecule has 2 rings (SSSR count). The van der Waals surface area contributed by atoms with Crippen LogP contribution in [0.15, 0.2) is 0 Å². The molecule has 0 aromatic carbocycles. The Hall–Kier alpha value is -0.740. The van der Waals surface area contributed by atoms with Crippen molar-refractivity contribution in [3.05, 3.63) is 10.7 Å². The molecule has 0 aliphatic carbocycles. The highest BCUT2D eigenvalue weighted by Gasteiger charge is 2.24. The molecule has 4 nitrogen and oxygen atoms in total. The second kappa shape index (κ2) is 5.49. The van der Waals surface area contributed by atoms with Gasteiger partial charge in [-0.05, 0) is 25.7 Å². The third kappa shape index (κ3) is 2.81. The first-order chi connectivity index (χ1) is 8.49. The van der Waals surface area contributed by atoms with Gasteiger partial charge in [-0.1, -0.05) is 25.4 Å². The quantitative estimate of drug-likeness (QED) is 0.919. The Morgan fingerprint density at radius 2 is 2.00 bits per heavy atom. The Bertz CT molecular complexity index is 405. The van der Waals surface area contributed by atoms with E-state index in [0.29, 0.717) is 16.9 Å². The molecule has 1 saturated heterocycles. The van der Waals surface area contributed by atoms with Crippen LogP contribution in [0.2, 0.25) is 5.02 Å². The van der Waals surface area contributed by atoms with Crippen molar-refractivity contribution in [2.45, 2.75) is 39.7 Å². The van der Waals surface area contributed by atoms with Crippen LogP contribution in [0.1, 0.15) is 38.4 Å². The Labute approximate surface area is 114 Å². The molecule has 0 spiro atoms. The first kappa shape index (κ1) is 13.7. The zero-order valence-electron chi connectivity index (χ0n) is 11.5. The Morgan fingerprint density at radius 3 is 2.44 bits per heavy atom. The van der Waals surface area contributed by atoms with Gasteiger partial charge < -0.3 is 10.6 Å². The lowest BCUT2D eigenvalue weighted by molar-refractivity contribution is 0.165. The van der Waals surface area contributed by atoms with Crippen molar-refractivity contribution < 1.29 is 0 Å². The van der Waals surface area contributed by atoms with E-state index in [1.165, 1.54) is 6.54 Å². The fourth-order valence-electron chi connectivity index (χ4n) is 2.69. The second-order valence-electron chi connectivity index (χ2n) is 5.65. The maximum Gasteiger partial charge on any atom is 0.141 e. The van der Waals surface area contributed by atoms with Gasteiger partial charge in [-0.2, -0.15) is 5.10 Å². The molecule has 1 aliphatic heterocycles. The maximum atomic E-state index is 6.10. The van der Waals surface area contributed by atoms with Gasteiger partial charge in [0.25, 0.3) is 0 Å². The fraction of sp³-hybridized carbons (Fsp3) is 0.769. The number of halogens is 1. The monoisotopic (exact) mass is 270 g/mol. The minimum atomic E-state index is 0.402. The number of nitrogens with two attached hydrogens (primary N) is 1. The Kier molecular flexibility index (Phi) is 4.17. The summed E-state index contributed by atoms with van der Waals surface area (Å²) >= 11 is 6.10. The van der Waals surface area contributed by atoms with E-state index in [1.807, 2.05) is 11.6 Å². The highest BCUT2D eigenvalue weighted by atomic mass is 35.5. The topological polar surface area (TPSA) is 47.1 Å². The SMILES string of the molecule is Cc1nn(C2CCN(CC(C)C)CC2)c(N)c1Cl. The number of nitrogen functional groups attached to an aromatic ring is 1. The molecule has 0 bridgehead atoms. The first-order valence-electron chi connectivity index (χ1n) is 6.71. The largest absolute Gasteiger partial charge is 0.383 e. The molecule has 102 valence electrons. The number of likely N-dealkylation sites (tertiary alicyclic amines) is 1. The highest BCUT2D eigenvalue weighted by Crippen LogP contribution is 2.30. The summed E-state index contributed by atoms with van der Waals surface area (Å²) in [5.74, 6) is 1.35. The highest BCUT2D eigenvalue weighted by molar-refractivity contribution is 6.33. The number of hydrogen-bond acceptors (Lipinski definition) is 3. The lowest BCUT2D eigenvalue weighted by Gasteiger charge is -2.33. The second-order valence-corrected chi connectivity index (χ2v) is 6.03. The minimum absolute atomic E-state index is 0.402. The normalized spacial score (nSPS) is 18.7. The number of aryl methyl sites for hydroxylation is 1. The molecule has 2 N–H and O–H groups in total. The summed E-state index contributed by atoms with van der Waals surface area (Å²) in [7, 11) is 0. The number of piperidine rings is 1. The van der Waals surface area contributed by atoms with Crippen LogP contribution in [0.5, 0.6) is 0 Å². The average Bonchev–Trinajstić information content (AvgIpc) is 2.57. The zero-order valence-corrected chi connectivity index (χ0v) is 12.2. The standard InChI is InChI=1S/C13H23ClN4/c1-9(2)8-17-6-4-11(5-7-17)18-13(15)12(14)10(3)16-18/h9,11H,4-8,15H2,1-3H3. The van der Waals surface area contributed by atoms with Gasteiger partial charge in [-0.3, -0.25) is 0 Å². The van der Waals surface area contributed by atoms with E-state index in [0.717, 1.165) is 37.5 Å². The van der Waals surface area contributed by atoms with Crippen molar-refractivity contribution in [1.29, 1.82) is 0 Å². The summed E-state index contributed by atoms with van der Waals surface area (Å²) in [4.78, 5) is 2.52. The van der Waals surface area contributed by atoms with E-state index in [-0.39, 0.29) is 0 Å². The summed E-state index contributed by atoms with van der Waals surface area (Å²) < 4.78 is 1.92. The fourth-order valence-corrected chi connectivity index (χ4v) is 2.81. The van der Waals surface area contributed by atoms with E-state index in [9.17, 15) is 0 Å². The molecule has 2 heterocycles. The van der Waals surface area contributed by atoms with E-state index in [4.69, 9.17) is 17.3 Å². The zero-order chi connectivity index (χ0) is 13.3. The van der Waals surface area contributed by atoms with Crippen molar-refractivity contribution >= 4 is 17.4 Å². The molecule has 0 radical (unpaired) electrons. The van der Waals surface area contributed by atoms with Gasteiger partial charge in [0.05, 0.1) is 11.7 Å². The molecule has 0 atom stereocenters. The summed E-state index contributed by atoms with van der Waals surface area (Å²) in [6.07, 6.45) is 2.21. The molecular formula is C13H23ClN4. The number of aromatic nitrogens is 2.